The summed E-state index contributed by atoms with van der Waals surface area (Å²) in [6.45, 7) is 5.15. The van der Waals surface area contributed by atoms with Crippen molar-refractivity contribution >= 4 is 58.1 Å². The first-order chi connectivity index (χ1) is 32.9. The highest BCUT2D eigenvalue weighted by Gasteiger charge is 2.32. The number of hydrogen-bond donors (Lipinski definition) is 9. The highest BCUT2D eigenvalue weighted by Crippen LogP contribution is 2.18. The second-order valence-electron chi connectivity index (χ2n) is 18.4. The fraction of sp³-hybridized carbons (Fsp3) is 0.538. The van der Waals surface area contributed by atoms with Crippen LogP contribution in [0.5, 0.6) is 0 Å². The lowest BCUT2D eigenvalue weighted by molar-refractivity contribution is -0.142. The molecule has 0 aromatic heterocycles. The Bertz CT molecular complexity index is 2130. The molecule has 3 rings (SSSR count). The maximum atomic E-state index is 13.3. The molecule has 17 heteroatoms. The molecule has 3 aromatic carbocycles. The lowest BCUT2D eigenvalue weighted by atomic mass is 10.0. The number of carboxylic acid groups (broad SMARTS) is 1. The van der Waals surface area contributed by atoms with Crippen molar-refractivity contribution < 1.29 is 48.6 Å². The van der Waals surface area contributed by atoms with Gasteiger partial charge in [-0.05, 0) is 54.0 Å². The summed E-state index contributed by atoms with van der Waals surface area (Å²) in [5, 5.41) is 35.1. The van der Waals surface area contributed by atoms with Crippen molar-refractivity contribution in [1.29, 1.82) is 0 Å². The highest BCUT2D eigenvalue weighted by molar-refractivity contribution is 5.95. The van der Waals surface area contributed by atoms with Gasteiger partial charge in [0.2, 0.25) is 41.4 Å². The number of primary amides is 2. The van der Waals surface area contributed by atoms with E-state index < -0.39 is 84.1 Å². The SMILES string of the molecule is CC(C)C[C@H](NC(=O)[C@@H](NC(=O)CCCCCCCCCCCCCCC(=O)N[C@@H](CC(N)=O)C(=O)N[C@@H](Cc1ccc2ccccc2c1)C(=O)O)C(C)O)C(=O)N[C@@H](Cc1ccccc1)C(N)=O. The zero-order valence-electron chi connectivity index (χ0n) is 40.5. The van der Waals surface area contributed by atoms with E-state index in [0.717, 1.165) is 80.5 Å². The van der Waals surface area contributed by atoms with Gasteiger partial charge in [0.1, 0.15) is 30.2 Å². The van der Waals surface area contributed by atoms with Crippen LogP contribution in [0.2, 0.25) is 0 Å². The summed E-state index contributed by atoms with van der Waals surface area (Å²) < 4.78 is 0. The van der Waals surface area contributed by atoms with E-state index in [1.54, 1.807) is 6.07 Å². The molecule has 69 heavy (non-hydrogen) atoms. The Morgan fingerprint density at radius 3 is 1.51 bits per heavy atom. The molecule has 17 nitrogen and oxygen atoms in total. The lowest BCUT2D eigenvalue weighted by Crippen LogP contribution is -2.59. The number of nitrogens with one attached hydrogen (secondary N) is 5. The molecule has 3 aromatic rings. The van der Waals surface area contributed by atoms with Gasteiger partial charge in [-0.3, -0.25) is 33.6 Å². The van der Waals surface area contributed by atoms with E-state index in [1.807, 2.05) is 80.6 Å². The summed E-state index contributed by atoms with van der Waals surface area (Å²) in [6.07, 6.45) is 10.1. The van der Waals surface area contributed by atoms with Gasteiger partial charge >= 0.3 is 5.97 Å². The van der Waals surface area contributed by atoms with Crippen molar-refractivity contribution in [2.75, 3.05) is 0 Å². The van der Waals surface area contributed by atoms with Crippen LogP contribution in [0, 0.1) is 5.92 Å². The lowest BCUT2D eigenvalue weighted by Gasteiger charge is -2.26. The third kappa shape index (κ3) is 22.5. The van der Waals surface area contributed by atoms with Gasteiger partial charge in [-0.2, -0.15) is 0 Å². The fourth-order valence-electron chi connectivity index (χ4n) is 8.05. The largest absolute Gasteiger partial charge is 0.480 e. The molecule has 6 atom stereocenters. The van der Waals surface area contributed by atoms with E-state index in [2.05, 4.69) is 26.6 Å². The summed E-state index contributed by atoms with van der Waals surface area (Å²) in [7, 11) is 0. The molecule has 0 bridgehead atoms. The van der Waals surface area contributed by atoms with E-state index in [1.165, 1.54) is 6.92 Å². The zero-order valence-corrected chi connectivity index (χ0v) is 40.5. The minimum Gasteiger partial charge on any atom is -0.480 e. The number of fused-ring (bicyclic) bond motifs is 1. The smallest absolute Gasteiger partial charge is 0.326 e. The first-order valence-corrected chi connectivity index (χ1v) is 24.4. The molecule has 11 N–H and O–H groups in total. The Kier molecular flexibility index (Phi) is 25.5. The number of rotatable bonds is 34. The van der Waals surface area contributed by atoms with Crippen molar-refractivity contribution in [3.63, 3.8) is 0 Å². The topological polar surface area (TPSA) is 289 Å². The second-order valence-corrected chi connectivity index (χ2v) is 18.4. The number of aliphatic hydroxyl groups excluding tert-OH is 1. The van der Waals surface area contributed by atoms with Crippen molar-refractivity contribution in [3.05, 3.63) is 83.9 Å². The van der Waals surface area contributed by atoms with Crippen molar-refractivity contribution in [2.24, 2.45) is 17.4 Å². The monoisotopic (exact) mass is 958 g/mol. The molecule has 0 aliphatic rings. The minimum absolute atomic E-state index is 0.00602. The number of benzene rings is 3. The molecule has 1 unspecified atom stereocenters. The third-order valence-corrected chi connectivity index (χ3v) is 11.8. The van der Waals surface area contributed by atoms with E-state index in [0.29, 0.717) is 18.4 Å². The minimum atomic E-state index is -1.29. The normalized spacial score (nSPS) is 13.8. The van der Waals surface area contributed by atoms with E-state index >= 15 is 0 Å². The third-order valence-electron chi connectivity index (χ3n) is 11.8. The van der Waals surface area contributed by atoms with Crippen molar-refractivity contribution in [3.8, 4) is 0 Å². The van der Waals surface area contributed by atoms with Crippen LogP contribution >= 0.6 is 0 Å². The van der Waals surface area contributed by atoms with Crippen LogP contribution in [-0.4, -0.2) is 93.8 Å². The number of unbranched alkanes of at least 4 members (excludes halogenated alkanes) is 11. The summed E-state index contributed by atoms with van der Waals surface area (Å²) in [4.78, 5) is 101. The van der Waals surface area contributed by atoms with Gasteiger partial charge in [-0.1, -0.05) is 151 Å². The van der Waals surface area contributed by atoms with Gasteiger partial charge in [-0.15, -0.1) is 0 Å². The van der Waals surface area contributed by atoms with Crippen LogP contribution in [0.15, 0.2) is 72.8 Å². The standard InChI is InChI=1S/C52H75N7O10/c1-34(2)29-41(49(65)56-40(48(54)64)31-36-21-15-14-16-22-36)57-51(67)47(35(3)60)59-46(63)26-18-13-11-9-7-5-4-6-8-10-12-17-25-45(62)55-42(33-44(53)61)50(66)58-43(52(68)69)32-37-27-28-38-23-19-20-24-39(38)30-37/h14-16,19-24,27-28,30,34-35,40-43,47,60H,4-13,17-18,25-26,29,31-33H2,1-3H3,(H2,53,61)(H2,54,64)(H,55,62)(H,56,65)(H,57,67)(H,58,66)(H,59,63)(H,68,69)/t35?,40-,41-,42-,43-,47-/m0/s1. The first kappa shape index (κ1) is 57.0. The van der Waals surface area contributed by atoms with Gasteiger partial charge < -0.3 is 48.3 Å². The average Bonchev–Trinajstić information content (AvgIpc) is 3.29. The molecule has 0 aliphatic heterocycles. The highest BCUT2D eigenvalue weighted by atomic mass is 16.4. The number of nitrogens with two attached hydrogens (primary N) is 2. The van der Waals surface area contributed by atoms with Gasteiger partial charge in [0, 0.05) is 25.7 Å². The van der Waals surface area contributed by atoms with Crippen molar-refractivity contribution in [1.82, 2.24) is 26.6 Å². The molecule has 378 valence electrons. The second kappa shape index (κ2) is 30.9. The summed E-state index contributed by atoms with van der Waals surface area (Å²) >= 11 is 0. The Balaban J connectivity index is 1.27. The van der Waals surface area contributed by atoms with Gasteiger partial charge in [0.05, 0.1) is 12.5 Å². The van der Waals surface area contributed by atoms with E-state index in [-0.39, 0.29) is 43.9 Å². The molecule has 0 aliphatic carbocycles. The van der Waals surface area contributed by atoms with Crippen LogP contribution in [-0.2, 0) is 51.2 Å². The predicted molar refractivity (Wildman–Crippen MR) is 264 cm³/mol. The summed E-state index contributed by atoms with van der Waals surface area (Å²) in [5.74, 6) is -5.67. The predicted octanol–water partition coefficient (Wildman–Crippen LogP) is 4.38. The number of aliphatic hydroxyl groups is 1. The Labute approximate surface area is 406 Å². The molecule has 0 fully saturated rings. The Morgan fingerprint density at radius 1 is 0.507 bits per heavy atom. The molecule has 0 saturated heterocycles. The average molecular weight is 958 g/mol. The van der Waals surface area contributed by atoms with E-state index in [4.69, 9.17) is 11.5 Å². The molecular weight excluding hydrogens is 883 g/mol. The molecule has 7 amide bonds. The quantitative estimate of drug-likeness (QED) is 0.0381. The number of hydrogen-bond acceptors (Lipinski definition) is 9. The number of amides is 7. The van der Waals surface area contributed by atoms with Gasteiger partial charge in [0.15, 0.2) is 0 Å². The van der Waals surface area contributed by atoms with Gasteiger partial charge in [-0.25, -0.2) is 4.79 Å². The van der Waals surface area contributed by atoms with Crippen LogP contribution < -0.4 is 38.1 Å². The first-order valence-electron chi connectivity index (χ1n) is 24.4. The number of aliphatic carboxylic acids is 1. The maximum Gasteiger partial charge on any atom is 0.326 e. The van der Waals surface area contributed by atoms with Crippen LogP contribution in [0.4, 0.5) is 0 Å². The Morgan fingerprint density at radius 2 is 0.986 bits per heavy atom. The van der Waals surface area contributed by atoms with E-state index in [9.17, 15) is 48.6 Å². The molecule has 0 radical (unpaired) electrons. The Hall–Kier alpha value is -6.36. The van der Waals surface area contributed by atoms with Crippen LogP contribution in [0.3, 0.4) is 0 Å². The van der Waals surface area contributed by atoms with Crippen LogP contribution in [0.1, 0.15) is 135 Å². The van der Waals surface area contributed by atoms with Crippen LogP contribution in [0.25, 0.3) is 10.8 Å². The maximum absolute atomic E-state index is 13.3. The fourth-order valence-corrected chi connectivity index (χ4v) is 8.05. The summed E-state index contributed by atoms with van der Waals surface area (Å²) in [5.41, 5.74) is 12.5. The molecular formula is C52H75N7O10. The number of carbonyl (C=O) groups excluding carboxylic acids is 7. The van der Waals surface area contributed by atoms with Crippen molar-refractivity contribution in [2.45, 2.75) is 173 Å². The number of carboxylic acids is 1. The number of carbonyl (C=O) groups is 8. The summed E-state index contributed by atoms with van der Waals surface area (Å²) in [6, 6.07) is 16.4. The molecule has 0 saturated carbocycles. The molecule has 0 heterocycles. The zero-order chi connectivity index (χ0) is 50.7. The molecule has 0 spiro atoms. The van der Waals surface area contributed by atoms with Gasteiger partial charge in [0.25, 0.3) is 0 Å².